The standard InChI is InChI=1S/C11H10BrNO3/c1-2-3-10(14)13-9-6-7(12)4-5-8(9)11(15)16/h2-6H,1H3,(H,13,14)(H,15,16)/b3-2+. The van der Waals surface area contributed by atoms with Crippen LogP contribution in [0.5, 0.6) is 0 Å². The monoisotopic (exact) mass is 283 g/mol. The first-order valence-electron chi connectivity index (χ1n) is 4.51. The normalized spacial score (nSPS) is 10.4. The molecule has 0 aliphatic carbocycles. The number of carboxylic acids is 1. The molecule has 5 heteroatoms. The highest BCUT2D eigenvalue weighted by molar-refractivity contribution is 9.10. The molecule has 0 unspecified atom stereocenters. The van der Waals surface area contributed by atoms with Gasteiger partial charge in [0.25, 0.3) is 0 Å². The Balaban J connectivity index is 3.05. The number of benzene rings is 1. The van der Waals surface area contributed by atoms with Gasteiger partial charge in [-0.1, -0.05) is 22.0 Å². The van der Waals surface area contributed by atoms with Crippen molar-refractivity contribution in [1.82, 2.24) is 0 Å². The molecular formula is C11H10BrNO3. The second-order valence-electron chi connectivity index (χ2n) is 2.98. The minimum absolute atomic E-state index is 0.0565. The Bertz CT molecular complexity index is 455. The molecule has 0 aliphatic heterocycles. The maximum absolute atomic E-state index is 11.3. The van der Waals surface area contributed by atoms with Crippen molar-refractivity contribution in [2.75, 3.05) is 5.32 Å². The van der Waals surface area contributed by atoms with E-state index in [1.165, 1.54) is 12.1 Å². The zero-order valence-corrected chi connectivity index (χ0v) is 10.1. The highest BCUT2D eigenvalue weighted by Crippen LogP contribution is 2.21. The molecule has 0 spiro atoms. The van der Waals surface area contributed by atoms with E-state index in [-0.39, 0.29) is 17.2 Å². The summed E-state index contributed by atoms with van der Waals surface area (Å²) >= 11 is 3.21. The highest BCUT2D eigenvalue weighted by Gasteiger charge is 2.11. The van der Waals surface area contributed by atoms with Crippen molar-refractivity contribution in [2.24, 2.45) is 0 Å². The average Bonchev–Trinajstić information content (AvgIpc) is 2.17. The van der Waals surface area contributed by atoms with E-state index in [9.17, 15) is 9.59 Å². The molecule has 0 heterocycles. The molecule has 1 amide bonds. The third-order valence-corrected chi connectivity index (χ3v) is 2.28. The van der Waals surface area contributed by atoms with Crippen LogP contribution in [0.25, 0.3) is 0 Å². The molecule has 2 N–H and O–H groups in total. The fourth-order valence-corrected chi connectivity index (χ4v) is 1.49. The summed E-state index contributed by atoms with van der Waals surface area (Å²) < 4.78 is 0.702. The number of hydrogen-bond donors (Lipinski definition) is 2. The fourth-order valence-electron chi connectivity index (χ4n) is 1.13. The predicted molar refractivity (Wildman–Crippen MR) is 64.5 cm³/mol. The van der Waals surface area contributed by atoms with Crippen LogP contribution >= 0.6 is 15.9 Å². The number of allylic oxidation sites excluding steroid dienone is 1. The molecule has 0 bridgehead atoms. The maximum atomic E-state index is 11.3. The lowest BCUT2D eigenvalue weighted by molar-refractivity contribution is -0.111. The molecule has 0 saturated carbocycles. The Morgan fingerprint density at radius 2 is 2.12 bits per heavy atom. The van der Waals surface area contributed by atoms with Crippen molar-refractivity contribution in [3.05, 3.63) is 40.4 Å². The second kappa shape index (κ2) is 5.46. The summed E-state index contributed by atoms with van der Waals surface area (Å²) in [5, 5.41) is 11.4. The summed E-state index contributed by atoms with van der Waals surface area (Å²) in [6.45, 7) is 1.71. The van der Waals surface area contributed by atoms with Crippen LogP contribution in [-0.4, -0.2) is 17.0 Å². The van der Waals surface area contributed by atoms with Gasteiger partial charge in [0, 0.05) is 4.47 Å². The molecule has 1 rings (SSSR count). The molecule has 0 saturated heterocycles. The molecule has 84 valence electrons. The van der Waals surface area contributed by atoms with Gasteiger partial charge in [-0.2, -0.15) is 0 Å². The van der Waals surface area contributed by atoms with Crippen molar-refractivity contribution in [3.8, 4) is 0 Å². The van der Waals surface area contributed by atoms with Crippen LogP contribution in [0.2, 0.25) is 0 Å². The fraction of sp³-hybridized carbons (Fsp3) is 0.0909. The summed E-state index contributed by atoms with van der Waals surface area (Å²) in [4.78, 5) is 22.2. The Kier molecular flexibility index (Phi) is 4.25. The zero-order valence-electron chi connectivity index (χ0n) is 8.53. The lowest BCUT2D eigenvalue weighted by atomic mass is 10.2. The number of nitrogens with one attached hydrogen (secondary N) is 1. The van der Waals surface area contributed by atoms with E-state index in [1.54, 1.807) is 25.1 Å². The Labute approximate surface area is 101 Å². The molecule has 4 nitrogen and oxygen atoms in total. The molecule has 0 atom stereocenters. The zero-order chi connectivity index (χ0) is 12.1. The highest BCUT2D eigenvalue weighted by atomic mass is 79.9. The lowest BCUT2D eigenvalue weighted by Crippen LogP contribution is -2.11. The topological polar surface area (TPSA) is 66.4 Å². The number of hydrogen-bond acceptors (Lipinski definition) is 2. The Hall–Kier alpha value is -1.62. The van der Waals surface area contributed by atoms with Gasteiger partial charge in [-0.05, 0) is 31.2 Å². The van der Waals surface area contributed by atoms with Crippen LogP contribution in [0.15, 0.2) is 34.8 Å². The number of halogens is 1. The second-order valence-corrected chi connectivity index (χ2v) is 3.90. The molecule has 0 aliphatic rings. The molecule has 16 heavy (non-hydrogen) atoms. The predicted octanol–water partition coefficient (Wildman–Crippen LogP) is 2.66. The lowest BCUT2D eigenvalue weighted by Gasteiger charge is -2.06. The Morgan fingerprint density at radius 3 is 2.69 bits per heavy atom. The number of rotatable bonds is 3. The van der Waals surface area contributed by atoms with Crippen LogP contribution in [0.1, 0.15) is 17.3 Å². The van der Waals surface area contributed by atoms with E-state index in [4.69, 9.17) is 5.11 Å². The summed E-state index contributed by atoms with van der Waals surface area (Å²) in [5.74, 6) is -1.44. The van der Waals surface area contributed by atoms with Gasteiger partial charge >= 0.3 is 5.97 Å². The summed E-state index contributed by atoms with van der Waals surface area (Å²) in [6.07, 6.45) is 2.90. The number of carbonyl (C=O) groups is 2. The number of amides is 1. The van der Waals surface area contributed by atoms with Gasteiger partial charge in [-0.25, -0.2) is 4.79 Å². The van der Waals surface area contributed by atoms with Crippen LogP contribution in [-0.2, 0) is 4.79 Å². The summed E-state index contributed by atoms with van der Waals surface area (Å²) in [7, 11) is 0. The minimum Gasteiger partial charge on any atom is -0.478 e. The van der Waals surface area contributed by atoms with Crippen molar-refractivity contribution in [3.63, 3.8) is 0 Å². The van der Waals surface area contributed by atoms with E-state index < -0.39 is 5.97 Å². The summed E-state index contributed by atoms with van der Waals surface area (Å²) in [6, 6.07) is 4.58. The van der Waals surface area contributed by atoms with Crippen LogP contribution in [0.3, 0.4) is 0 Å². The molecule has 1 aromatic carbocycles. The minimum atomic E-state index is -1.08. The first kappa shape index (κ1) is 12.4. The van der Waals surface area contributed by atoms with Crippen molar-refractivity contribution >= 4 is 33.5 Å². The van der Waals surface area contributed by atoms with Crippen LogP contribution < -0.4 is 5.32 Å². The van der Waals surface area contributed by atoms with Crippen molar-refractivity contribution in [1.29, 1.82) is 0 Å². The smallest absolute Gasteiger partial charge is 0.337 e. The van der Waals surface area contributed by atoms with Crippen LogP contribution in [0.4, 0.5) is 5.69 Å². The number of carbonyl (C=O) groups excluding carboxylic acids is 1. The molecule has 0 radical (unpaired) electrons. The van der Waals surface area contributed by atoms with Gasteiger partial charge in [-0.15, -0.1) is 0 Å². The van der Waals surface area contributed by atoms with Gasteiger partial charge in [0.1, 0.15) is 0 Å². The maximum Gasteiger partial charge on any atom is 0.337 e. The first-order chi connectivity index (χ1) is 7.54. The molecular weight excluding hydrogens is 274 g/mol. The van der Waals surface area contributed by atoms with E-state index in [2.05, 4.69) is 21.2 Å². The number of anilines is 1. The first-order valence-corrected chi connectivity index (χ1v) is 5.30. The average molecular weight is 284 g/mol. The van der Waals surface area contributed by atoms with Crippen molar-refractivity contribution in [2.45, 2.75) is 6.92 Å². The van der Waals surface area contributed by atoms with E-state index >= 15 is 0 Å². The van der Waals surface area contributed by atoms with Gasteiger partial charge in [-0.3, -0.25) is 4.79 Å². The van der Waals surface area contributed by atoms with E-state index in [0.29, 0.717) is 4.47 Å². The third-order valence-electron chi connectivity index (χ3n) is 1.79. The largest absolute Gasteiger partial charge is 0.478 e. The molecule has 0 aromatic heterocycles. The van der Waals surface area contributed by atoms with Gasteiger partial charge in [0.2, 0.25) is 5.91 Å². The van der Waals surface area contributed by atoms with E-state index in [0.717, 1.165) is 0 Å². The van der Waals surface area contributed by atoms with Crippen LogP contribution in [0, 0.1) is 0 Å². The van der Waals surface area contributed by atoms with Gasteiger partial charge in [0.05, 0.1) is 11.3 Å². The SMILES string of the molecule is C/C=C/C(=O)Nc1cc(Br)ccc1C(=O)O. The molecule has 0 fully saturated rings. The third kappa shape index (κ3) is 3.20. The van der Waals surface area contributed by atoms with Crippen molar-refractivity contribution < 1.29 is 14.7 Å². The number of aromatic carboxylic acids is 1. The Morgan fingerprint density at radius 1 is 1.44 bits per heavy atom. The van der Waals surface area contributed by atoms with Gasteiger partial charge in [0.15, 0.2) is 0 Å². The number of carboxylic acid groups (broad SMARTS) is 1. The quantitative estimate of drug-likeness (QED) is 0.838. The van der Waals surface area contributed by atoms with Gasteiger partial charge < -0.3 is 10.4 Å². The molecule has 1 aromatic rings. The van der Waals surface area contributed by atoms with E-state index in [1.807, 2.05) is 0 Å². The summed E-state index contributed by atoms with van der Waals surface area (Å²) in [5.41, 5.74) is 0.325.